The van der Waals surface area contributed by atoms with Crippen LogP contribution >= 0.6 is 0 Å². The normalized spacial score (nSPS) is 12.0. The second-order valence-electron chi connectivity index (χ2n) is 6.78. The van der Waals surface area contributed by atoms with Crippen molar-refractivity contribution in [1.29, 1.82) is 0 Å². The van der Waals surface area contributed by atoms with E-state index in [0.717, 1.165) is 36.0 Å². The summed E-state index contributed by atoms with van der Waals surface area (Å²) >= 11 is 0. The number of rotatable bonds is 6. The second-order valence-corrected chi connectivity index (χ2v) is 6.78. The lowest BCUT2D eigenvalue weighted by Crippen LogP contribution is -2.30. The number of ether oxygens (including phenoxy) is 1. The van der Waals surface area contributed by atoms with Gasteiger partial charge in [0.1, 0.15) is 12.4 Å². The van der Waals surface area contributed by atoms with Gasteiger partial charge in [-0.1, -0.05) is 17.7 Å². The molecule has 0 aliphatic heterocycles. The molecule has 1 N–H and O–H groups in total. The van der Waals surface area contributed by atoms with Crippen LogP contribution in [-0.4, -0.2) is 28.8 Å². The molecule has 0 radical (unpaired) electrons. The average Bonchev–Trinajstić information content (AvgIpc) is 3.17. The molecule has 3 rings (SSSR count). The Balaban J connectivity index is 1.66. The molecule has 0 atom stereocenters. The molecule has 170 valence electrons. The van der Waals surface area contributed by atoms with E-state index in [9.17, 15) is 31.1 Å². The van der Waals surface area contributed by atoms with E-state index in [2.05, 4.69) is 10.4 Å². The summed E-state index contributed by atoms with van der Waals surface area (Å²) in [6.07, 6.45) is -8.49. The second kappa shape index (κ2) is 8.93. The van der Waals surface area contributed by atoms with Crippen LogP contribution in [-0.2, 0) is 12.4 Å². The van der Waals surface area contributed by atoms with Crippen LogP contribution in [0.3, 0.4) is 0 Å². The number of aromatic nitrogens is 2. The number of nitrogens with one attached hydrogen (secondary N) is 1. The van der Waals surface area contributed by atoms with Crippen molar-refractivity contribution in [2.24, 2.45) is 0 Å². The maximum atomic E-state index is 13.6. The number of alkyl halides is 6. The summed E-state index contributed by atoms with van der Waals surface area (Å²) in [4.78, 5) is 12.3. The van der Waals surface area contributed by atoms with Gasteiger partial charge in [0.15, 0.2) is 5.69 Å². The van der Waals surface area contributed by atoms with Crippen molar-refractivity contribution in [3.63, 3.8) is 0 Å². The lowest BCUT2D eigenvalue weighted by atomic mass is 10.2. The third kappa shape index (κ3) is 5.40. The van der Waals surface area contributed by atoms with Crippen molar-refractivity contribution in [2.75, 3.05) is 13.2 Å². The minimum atomic E-state index is -4.84. The van der Waals surface area contributed by atoms with Gasteiger partial charge in [-0.3, -0.25) is 4.79 Å². The van der Waals surface area contributed by atoms with Gasteiger partial charge in [0.2, 0.25) is 0 Å². The standard InChI is InChI=1S/C21H17F6N3O2/c1-13-2-6-15(7-3-13)30-18(21(25,26)27)17(12-29-30)19(31)28-10-11-32-16-8-4-14(5-9-16)20(22,23)24/h2-9,12H,10-11H2,1H3,(H,28,31). The van der Waals surface area contributed by atoms with Crippen LogP contribution in [0, 0.1) is 6.92 Å². The van der Waals surface area contributed by atoms with Crippen molar-refractivity contribution in [2.45, 2.75) is 19.3 Å². The minimum Gasteiger partial charge on any atom is -0.492 e. The summed E-state index contributed by atoms with van der Waals surface area (Å²) < 4.78 is 84.4. The van der Waals surface area contributed by atoms with Gasteiger partial charge < -0.3 is 10.1 Å². The zero-order valence-electron chi connectivity index (χ0n) is 16.6. The predicted molar refractivity (Wildman–Crippen MR) is 103 cm³/mol. The molecule has 0 bridgehead atoms. The van der Waals surface area contributed by atoms with E-state index in [0.29, 0.717) is 4.68 Å². The fourth-order valence-corrected chi connectivity index (χ4v) is 2.84. The van der Waals surface area contributed by atoms with E-state index in [-0.39, 0.29) is 24.6 Å². The minimum absolute atomic E-state index is 0.121. The van der Waals surface area contributed by atoms with Crippen LogP contribution in [0.5, 0.6) is 5.75 Å². The summed E-state index contributed by atoms with van der Waals surface area (Å²) in [7, 11) is 0. The SMILES string of the molecule is Cc1ccc(-n2ncc(C(=O)NCCOc3ccc(C(F)(F)F)cc3)c2C(F)(F)F)cc1. The van der Waals surface area contributed by atoms with Gasteiger partial charge in [0, 0.05) is 0 Å². The first-order valence-corrected chi connectivity index (χ1v) is 9.27. The van der Waals surface area contributed by atoms with Crippen LogP contribution in [0.1, 0.15) is 27.2 Å². The number of amides is 1. The van der Waals surface area contributed by atoms with Crippen molar-refractivity contribution < 1.29 is 35.9 Å². The van der Waals surface area contributed by atoms with Crippen molar-refractivity contribution >= 4 is 5.91 Å². The molecule has 1 heterocycles. The third-order valence-corrected chi connectivity index (χ3v) is 4.40. The fourth-order valence-electron chi connectivity index (χ4n) is 2.84. The van der Waals surface area contributed by atoms with Gasteiger partial charge >= 0.3 is 12.4 Å². The van der Waals surface area contributed by atoms with Gasteiger partial charge in [-0.2, -0.15) is 31.4 Å². The number of aryl methyl sites for hydroxylation is 1. The van der Waals surface area contributed by atoms with Crippen molar-refractivity contribution in [1.82, 2.24) is 15.1 Å². The molecule has 11 heteroatoms. The Morgan fingerprint density at radius 3 is 2.16 bits per heavy atom. The quantitative estimate of drug-likeness (QED) is 0.418. The van der Waals surface area contributed by atoms with E-state index in [1.54, 1.807) is 19.1 Å². The molecule has 0 aliphatic carbocycles. The summed E-state index contributed by atoms with van der Waals surface area (Å²) in [5.41, 5.74) is -1.73. The van der Waals surface area contributed by atoms with E-state index in [1.165, 1.54) is 12.1 Å². The van der Waals surface area contributed by atoms with E-state index in [4.69, 9.17) is 4.74 Å². The summed E-state index contributed by atoms with van der Waals surface area (Å²) in [6, 6.07) is 10.0. The monoisotopic (exact) mass is 457 g/mol. The Bertz CT molecular complexity index is 1070. The summed E-state index contributed by atoms with van der Waals surface area (Å²) in [6.45, 7) is 1.45. The van der Waals surface area contributed by atoms with Crippen LogP contribution < -0.4 is 10.1 Å². The maximum Gasteiger partial charge on any atom is 0.434 e. The van der Waals surface area contributed by atoms with Crippen LogP contribution in [0.25, 0.3) is 5.69 Å². The number of carbonyl (C=O) groups excluding carboxylic acids is 1. The third-order valence-electron chi connectivity index (χ3n) is 4.40. The number of carbonyl (C=O) groups is 1. The maximum absolute atomic E-state index is 13.6. The van der Waals surface area contributed by atoms with Gasteiger partial charge in [0.25, 0.3) is 5.91 Å². The van der Waals surface area contributed by atoms with E-state index >= 15 is 0 Å². The average molecular weight is 457 g/mol. The fraction of sp³-hybridized carbons (Fsp3) is 0.238. The van der Waals surface area contributed by atoms with Crippen LogP contribution in [0.4, 0.5) is 26.3 Å². The molecule has 0 saturated heterocycles. The van der Waals surface area contributed by atoms with Gasteiger partial charge in [-0.15, -0.1) is 0 Å². The summed E-state index contributed by atoms with van der Waals surface area (Å²) in [5, 5.41) is 6.01. The Kier molecular flexibility index (Phi) is 6.47. The molecular weight excluding hydrogens is 440 g/mol. The number of halogens is 6. The molecule has 0 unspecified atom stereocenters. The molecule has 0 saturated carbocycles. The number of benzene rings is 2. The van der Waals surface area contributed by atoms with E-state index in [1.807, 2.05) is 0 Å². The topological polar surface area (TPSA) is 56.2 Å². The highest BCUT2D eigenvalue weighted by molar-refractivity contribution is 5.95. The number of hydrogen-bond acceptors (Lipinski definition) is 3. The highest BCUT2D eigenvalue weighted by Crippen LogP contribution is 2.34. The lowest BCUT2D eigenvalue weighted by Gasteiger charge is -2.13. The molecule has 0 spiro atoms. The zero-order chi connectivity index (χ0) is 23.5. The molecule has 1 aromatic heterocycles. The molecule has 1 amide bonds. The first-order chi connectivity index (χ1) is 15.0. The van der Waals surface area contributed by atoms with Gasteiger partial charge in [-0.05, 0) is 43.3 Å². The largest absolute Gasteiger partial charge is 0.492 e. The highest BCUT2D eigenvalue weighted by atomic mass is 19.4. The van der Waals surface area contributed by atoms with Crippen molar-refractivity contribution in [3.05, 3.63) is 77.1 Å². The Morgan fingerprint density at radius 1 is 0.969 bits per heavy atom. The lowest BCUT2D eigenvalue weighted by molar-refractivity contribution is -0.143. The molecule has 32 heavy (non-hydrogen) atoms. The Hall–Kier alpha value is -3.50. The number of hydrogen-bond donors (Lipinski definition) is 1. The molecule has 0 aliphatic rings. The predicted octanol–water partition coefficient (Wildman–Crippen LogP) is 5.03. The zero-order valence-corrected chi connectivity index (χ0v) is 16.6. The van der Waals surface area contributed by atoms with Crippen LogP contribution in [0.2, 0.25) is 0 Å². The number of nitrogens with zero attached hydrogens (tertiary/aromatic N) is 2. The first kappa shape index (κ1) is 23.2. The van der Waals surface area contributed by atoms with Gasteiger partial charge in [-0.25, -0.2) is 4.68 Å². The smallest absolute Gasteiger partial charge is 0.434 e. The van der Waals surface area contributed by atoms with Crippen molar-refractivity contribution in [3.8, 4) is 11.4 Å². The van der Waals surface area contributed by atoms with E-state index < -0.39 is 35.1 Å². The Morgan fingerprint density at radius 2 is 1.59 bits per heavy atom. The molecule has 2 aromatic carbocycles. The molecule has 3 aromatic rings. The molecular formula is C21H17F6N3O2. The van der Waals surface area contributed by atoms with Gasteiger partial charge in [0.05, 0.1) is 29.6 Å². The van der Waals surface area contributed by atoms with Crippen LogP contribution in [0.15, 0.2) is 54.7 Å². The Labute approximate surface area is 178 Å². The molecule has 5 nitrogen and oxygen atoms in total. The highest BCUT2D eigenvalue weighted by Gasteiger charge is 2.40. The first-order valence-electron chi connectivity index (χ1n) is 9.27. The summed E-state index contributed by atoms with van der Waals surface area (Å²) in [5.74, 6) is -0.887. The molecule has 0 fully saturated rings.